The lowest BCUT2D eigenvalue weighted by molar-refractivity contribution is 0.135. The van der Waals surface area contributed by atoms with Crippen molar-refractivity contribution in [2.75, 3.05) is 5.32 Å². The third-order valence-corrected chi connectivity index (χ3v) is 5.63. The Kier molecular flexibility index (Phi) is 5.67. The predicted octanol–water partition coefficient (Wildman–Crippen LogP) is 4.07. The molecule has 1 aliphatic carbocycles. The summed E-state index contributed by atoms with van der Waals surface area (Å²) in [6.45, 7) is 6.39. The van der Waals surface area contributed by atoms with Gasteiger partial charge in [-0.05, 0) is 44.1 Å². The van der Waals surface area contributed by atoms with Crippen LogP contribution in [0.4, 0.5) is 5.95 Å². The van der Waals surface area contributed by atoms with E-state index in [4.69, 9.17) is 15.5 Å². The first-order valence-corrected chi connectivity index (χ1v) is 10.5. The molecule has 7 heteroatoms. The molecule has 0 radical (unpaired) electrons. The molecule has 0 aliphatic heterocycles. The quantitative estimate of drug-likeness (QED) is 0.655. The summed E-state index contributed by atoms with van der Waals surface area (Å²) in [6, 6.07) is 11.0. The van der Waals surface area contributed by atoms with E-state index in [1.54, 1.807) is 4.52 Å². The first kappa shape index (κ1) is 19.6. The summed E-state index contributed by atoms with van der Waals surface area (Å²) in [5, 5.41) is 8.03. The van der Waals surface area contributed by atoms with E-state index in [2.05, 4.69) is 48.3 Å². The van der Waals surface area contributed by atoms with Gasteiger partial charge in [0.2, 0.25) is 5.95 Å². The fourth-order valence-corrected chi connectivity index (χ4v) is 3.80. The van der Waals surface area contributed by atoms with Gasteiger partial charge in [0.15, 0.2) is 5.65 Å². The Morgan fingerprint density at radius 2 is 1.79 bits per heavy atom. The molecule has 154 valence electrons. The van der Waals surface area contributed by atoms with Gasteiger partial charge in [-0.15, -0.1) is 0 Å². The molecule has 1 saturated carbocycles. The molecule has 2 aromatic heterocycles. The van der Waals surface area contributed by atoms with E-state index in [1.165, 1.54) is 5.56 Å². The van der Waals surface area contributed by atoms with Crippen LogP contribution in [0.5, 0.6) is 6.01 Å². The second-order valence-electron chi connectivity index (χ2n) is 8.25. The molecule has 3 aromatic rings. The van der Waals surface area contributed by atoms with Crippen LogP contribution in [0.1, 0.15) is 69.5 Å². The molecule has 2 heterocycles. The highest BCUT2D eigenvalue weighted by Crippen LogP contribution is 2.27. The van der Waals surface area contributed by atoms with Crippen molar-refractivity contribution in [1.82, 2.24) is 19.6 Å². The molecule has 0 spiro atoms. The van der Waals surface area contributed by atoms with Gasteiger partial charge < -0.3 is 15.8 Å². The lowest BCUT2D eigenvalue weighted by Crippen LogP contribution is -2.32. The van der Waals surface area contributed by atoms with Gasteiger partial charge in [0, 0.05) is 11.6 Å². The molecule has 1 atom stereocenters. The summed E-state index contributed by atoms with van der Waals surface area (Å²) in [7, 11) is 0. The number of aromatic nitrogens is 4. The molecule has 29 heavy (non-hydrogen) atoms. The fraction of sp³-hybridized carbons (Fsp3) is 0.500. The number of nitrogens with zero attached hydrogens (tertiary/aromatic N) is 4. The van der Waals surface area contributed by atoms with E-state index in [0.717, 1.165) is 36.9 Å². The van der Waals surface area contributed by atoms with Gasteiger partial charge in [-0.2, -0.15) is 19.6 Å². The maximum Gasteiger partial charge on any atom is 0.322 e. The van der Waals surface area contributed by atoms with Gasteiger partial charge in [0.1, 0.15) is 6.10 Å². The van der Waals surface area contributed by atoms with Crippen LogP contribution in [0, 0.1) is 0 Å². The van der Waals surface area contributed by atoms with Crippen molar-refractivity contribution < 1.29 is 4.74 Å². The summed E-state index contributed by atoms with van der Waals surface area (Å²) in [5.74, 6) is 0.947. The average molecular weight is 395 g/mol. The fourth-order valence-electron chi connectivity index (χ4n) is 3.80. The number of nitrogens with one attached hydrogen (secondary N) is 1. The summed E-state index contributed by atoms with van der Waals surface area (Å²) in [5.41, 5.74) is 9.08. The van der Waals surface area contributed by atoms with Gasteiger partial charge >= 0.3 is 6.01 Å². The number of anilines is 1. The highest BCUT2D eigenvalue weighted by atomic mass is 16.5. The average Bonchev–Trinajstić information content (AvgIpc) is 3.15. The van der Waals surface area contributed by atoms with E-state index < -0.39 is 0 Å². The largest absolute Gasteiger partial charge is 0.460 e. The van der Waals surface area contributed by atoms with Crippen molar-refractivity contribution in [3.05, 3.63) is 47.7 Å². The second kappa shape index (κ2) is 8.37. The van der Waals surface area contributed by atoms with Crippen LogP contribution >= 0.6 is 0 Å². The Morgan fingerprint density at radius 3 is 2.48 bits per heavy atom. The lowest BCUT2D eigenvalue weighted by atomic mass is 9.94. The van der Waals surface area contributed by atoms with Crippen molar-refractivity contribution in [3.63, 3.8) is 0 Å². The number of fused-ring (bicyclic) bond motifs is 1. The summed E-state index contributed by atoms with van der Waals surface area (Å²) < 4.78 is 7.96. The molecule has 4 rings (SSSR count). The Morgan fingerprint density at radius 1 is 1.07 bits per heavy atom. The molecule has 0 amide bonds. The topological polar surface area (TPSA) is 90.4 Å². The Hall–Kier alpha value is -2.67. The van der Waals surface area contributed by atoms with Crippen molar-refractivity contribution >= 4 is 11.6 Å². The smallest absolute Gasteiger partial charge is 0.322 e. The summed E-state index contributed by atoms with van der Waals surface area (Å²) in [4.78, 5) is 9.38. The number of hydrogen-bond acceptors (Lipinski definition) is 6. The van der Waals surface area contributed by atoms with Crippen molar-refractivity contribution in [2.45, 2.75) is 70.6 Å². The third-order valence-electron chi connectivity index (χ3n) is 5.63. The minimum atomic E-state index is 0.0709. The Balaban J connectivity index is 1.66. The molecule has 0 saturated heterocycles. The molecule has 1 fully saturated rings. The normalized spacial score (nSPS) is 20.7. The van der Waals surface area contributed by atoms with Gasteiger partial charge in [-0.25, -0.2) is 0 Å². The lowest BCUT2D eigenvalue weighted by Gasteiger charge is -2.26. The maximum atomic E-state index is 6.18. The van der Waals surface area contributed by atoms with E-state index in [0.29, 0.717) is 17.9 Å². The van der Waals surface area contributed by atoms with E-state index in [9.17, 15) is 0 Å². The van der Waals surface area contributed by atoms with Crippen molar-refractivity contribution in [1.29, 1.82) is 0 Å². The first-order chi connectivity index (χ1) is 14.0. The number of benzene rings is 1. The van der Waals surface area contributed by atoms with E-state index in [-0.39, 0.29) is 18.2 Å². The van der Waals surface area contributed by atoms with Crippen LogP contribution in [0.15, 0.2) is 36.5 Å². The second-order valence-corrected chi connectivity index (χ2v) is 8.25. The SMILES string of the molecule is CC(C)c1cnn2c(N[C@@H](C)c3ccccc3)nc(OC3CCC(N)CC3)nc12. The summed E-state index contributed by atoms with van der Waals surface area (Å²) >= 11 is 0. The van der Waals surface area contributed by atoms with Gasteiger partial charge in [-0.3, -0.25) is 0 Å². The van der Waals surface area contributed by atoms with Crippen molar-refractivity contribution in [2.24, 2.45) is 5.73 Å². The number of rotatable bonds is 6. The number of nitrogens with two attached hydrogens (primary N) is 1. The predicted molar refractivity (Wildman–Crippen MR) is 114 cm³/mol. The Bertz CT molecular complexity index is 947. The molecular weight excluding hydrogens is 364 g/mol. The van der Waals surface area contributed by atoms with Crippen LogP contribution in [-0.4, -0.2) is 31.7 Å². The van der Waals surface area contributed by atoms with E-state index in [1.807, 2.05) is 24.4 Å². The molecule has 1 aliphatic rings. The maximum absolute atomic E-state index is 6.18. The number of ether oxygens (including phenoxy) is 1. The van der Waals surface area contributed by atoms with Crippen LogP contribution in [0.25, 0.3) is 5.65 Å². The molecule has 0 bridgehead atoms. The molecule has 0 unspecified atom stereocenters. The minimum absolute atomic E-state index is 0.0709. The van der Waals surface area contributed by atoms with E-state index >= 15 is 0 Å². The first-order valence-electron chi connectivity index (χ1n) is 10.5. The van der Waals surface area contributed by atoms with Gasteiger partial charge in [0.05, 0.1) is 12.2 Å². The molecule has 7 nitrogen and oxygen atoms in total. The third kappa shape index (κ3) is 4.34. The zero-order valence-electron chi connectivity index (χ0n) is 17.4. The molecular formula is C22H30N6O. The van der Waals surface area contributed by atoms with Gasteiger partial charge in [-0.1, -0.05) is 44.2 Å². The highest BCUT2D eigenvalue weighted by molar-refractivity contribution is 5.53. The van der Waals surface area contributed by atoms with Crippen molar-refractivity contribution in [3.8, 4) is 6.01 Å². The van der Waals surface area contributed by atoms with Crippen LogP contribution in [0.3, 0.4) is 0 Å². The molecule has 3 N–H and O–H groups in total. The molecule has 1 aromatic carbocycles. The van der Waals surface area contributed by atoms with Crippen LogP contribution in [0.2, 0.25) is 0 Å². The standard InChI is InChI=1S/C22H30N6O/c1-14(2)19-13-24-28-20(19)26-22(29-18-11-9-17(23)10-12-18)27-21(28)25-15(3)16-7-5-4-6-8-16/h4-8,13-15,17-18H,9-12,23H2,1-3H3,(H,25,26,27)/t15-,17?,18?/m0/s1. The Labute approximate surface area is 171 Å². The van der Waals surface area contributed by atoms with Gasteiger partial charge in [0.25, 0.3) is 0 Å². The van der Waals surface area contributed by atoms with Crippen LogP contribution in [-0.2, 0) is 0 Å². The highest BCUT2D eigenvalue weighted by Gasteiger charge is 2.23. The summed E-state index contributed by atoms with van der Waals surface area (Å²) in [6.07, 6.45) is 5.82. The monoisotopic (exact) mass is 394 g/mol. The van der Waals surface area contributed by atoms with Crippen LogP contribution < -0.4 is 15.8 Å². The zero-order valence-corrected chi connectivity index (χ0v) is 17.4. The number of hydrogen-bond donors (Lipinski definition) is 2. The zero-order chi connectivity index (χ0) is 20.4. The minimum Gasteiger partial charge on any atom is -0.460 e.